The van der Waals surface area contributed by atoms with E-state index in [0.717, 1.165) is 12.8 Å². The Hall–Kier alpha value is -1.92. The molecule has 1 aromatic rings. The van der Waals surface area contributed by atoms with Crippen molar-refractivity contribution in [1.82, 2.24) is 4.90 Å². The van der Waals surface area contributed by atoms with Crippen molar-refractivity contribution >= 4 is 11.9 Å². The first-order valence-corrected chi connectivity index (χ1v) is 12.0. The number of unbranched alkanes of at least 4 members (excludes halogenated alkanes) is 8. The van der Waals surface area contributed by atoms with E-state index >= 15 is 0 Å². The van der Waals surface area contributed by atoms with Gasteiger partial charge in [0.1, 0.15) is 0 Å². The molecule has 0 saturated heterocycles. The highest BCUT2D eigenvalue weighted by Crippen LogP contribution is 2.14. The lowest BCUT2D eigenvalue weighted by Crippen LogP contribution is -2.24. The zero-order valence-electron chi connectivity index (χ0n) is 20.7. The monoisotopic (exact) mass is 451 g/mol. The zero-order chi connectivity index (χ0) is 24.0. The first-order valence-electron chi connectivity index (χ1n) is 12.0. The van der Waals surface area contributed by atoms with Gasteiger partial charge in [-0.1, -0.05) is 82.9 Å². The number of hydrogen-bond donors (Lipinski definition) is 1. The number of nitrogens with zero attached hydrogens (tertiary/aromatic N) is 1. The minimum absolute atomic E-state index is 0.196. The van der Waals surface area contributed by atoms with E-state index in [1.807, 2.05) is 19.0 Å². The van der Waals surface area contributed by atoms with Crippen molar-refractivity contribution in [3.63, 3.8) is 0 Å². The van der Waals surface area contributed by atoms with E-state index in [4.69, 9.17) is 14.6 Å². The summed E-state index contributed by atoms with van der Waals surface area (Å²) in [5, 5.41) is 8.38. The van der Waals surface area contributed by atoms with E-state index in [1.165, 1.54) is 64.7 Å². The lowest BCUT2D eigenvalue weighted by Gasteiger charge is -2.20. The lowest BCUT2D eigenvalue weighted by atomic mass is 10.0. The molecule has 0 amide bonds. The van der Waals surface area contributed by atoms with Crippen molar-refractivity contribution in [2.45, 2.75) is 90.6 Å². The summed E-state index contributed by atoms with van der Waals surface area (Å²) >= 11 is 0. The van der Waals surface area contributed by atoms with Crippen molar-refractivity contribution in [3.05, 3.63) is 35.9 Å². The molecule has 0 bridgehead atoms. The van der Waals surface area contributed by atoms with Crippen LogP contribution in [0.3, 0.4) is 0 Å². The number of carboxylic acids is 1. The quantitative estimate of drug-likeness (QED) is 0.174. The van der Waals surface area contributed by atoms with Gasteiger partial charge in [0, 0.05) is 13.3 Å². The summed E-state index contributed by atoms with van der Waals surface area (Å²) < 4.78 is 10.9. The van der Waals surface area contributed by atoms with Crippen LogP contribution in [0.4, 0.5) is 0 Å². The van der Waals surface area contributed by atoms with Crippen molar-refractivity contribution in [1.29, 1.82) is 0 Å². The van der Waals surface area contributed by atoms with Crippen molar-refractivity contribution < 1.29 is 24.2 Å². The fourth-order valence-corrected chi connectivity index (χ4v) is 3.16. The van der Waals surface area contributed by atoms with Gasteiger partial charge in [0.15, 0.2) is 0 Å². The summed E-state index contributed by atoms with van der Waals surface area (Å²) in [6, 6.07) is 8.30. The normalized spacial score (nSPS) is 11.5. The summed E-state index contributed by atoms with van der Waals surface area (Å²) in [4.78, 5) is 23.1. The van der Waals surface area contributed by atoms with Crippen LogP contribution in [0.15, 0.2) is 30.3 Å². The topological polar surface area (TPSA) is 76.1 Å². The Kier molecular flexibility index (Phi) is 19.7. The van der Waals surface area contributed by atoms with E-state index in [2.05, 4.69) is 6.92 Å². The number of esters is 1. The molecule has 6 nitrogen and oxygen atoms in total. The molecule has 1 unspecified atom stereocenters. The van der Waals surface area contributed by atoms with Gasteiger partial charge in [-0.15, -0.1) is 0 Å². The predicted octanol–water partition coefficient (Wildman–Crippen LogP) is 6.15. The lowest BCUT2D eigenvalue weighted by molar-refractivity contribution is -0.142. The van der Waals surface area contributed by atoms with E-state index in [-0.39, 0.29) is 12.1 Å². The number of rotatable bonds is 17. The molecule has 1 atom stereocenters. The van der Waals surface area contributed by atoms with Crippen LogP contribution in [0.1, 0.15) is 94.8 Å². The maximum Gasteiger partial charge on any atom is 0.335 e. The molecule has 0 fully saturated rings. The molecule has 1 N–H and O–H groups in total. The van der Waals surface area contributed by atoms with Crippen LogP contribution in [-0.2, 0) is 14.3 Å². The second kappa shape index (κ2) is 21.0. The Balaban J connectivity index is 0.000000879. The van der Waals surface area contributed by atoms with Crippen molar-refractivity contribution in [2.75, 3.05) is 27.4 Å². The number of carbonyl (C=O) groups is 2. The highest BCUT2D eigenvalue weighted by molar-refractivity contribution is 5.87. The van der Waals surface area contributed by atoms with Crippen LogP contribution in [0.5, 0.6) is 0 Å². The highest BCUT2D eigenvalue weighted by Gasteiger charge is 2.10. The van der Waals surface area contributed by atoms with Gasteiger partial charge < -0.3 is 14.6 Å². The number of aromatic carboxylic acids is 1. The number of hydrogen-bond acceptors (Lipinski definition) is 5. The standard InChI is InChI=1S/C19H39NO3.C7H6O2/c1-5-6-7-8-9-10-11-12-13-14-19(23-17-20(3)4)15-16-22-18(2)21;8-7(9)6-4-2-1-3-5-6/h19H,5-17H2,1-4H3;1-5H,(H,8,9). The fourth-order valence-electron chi connectivity index (χ4n) is 3.16. The van der Waals surface area contributed by atoms with Gasteiger partial charge in [-0.05, 0) is 32.6 Å². The number of ether oxygens (including phenoxy) is 2. The Bertz CT molecular complexity index is 577. The molecular weight excluding hydrogens is 406 g/mol. The van der Waals surface area contributed by atoms with Gasteiger partial charge in [0.05, 0.1) is 25.0 Å². The maximum absolute atomic E-state index is 10.8. The molecule has 32 heavy (non-hydrogen) atoms. The van der Waals surface area contributed by atoms with Crippen molar-refractivity contribution in [3.8, 4) is 0 Å². The molecule has 184 valence electrons. The molecule has 6 heteroatoms. The Morgan fingerprint density at radius 1 is 0.906 bits per heavy atom. The second-order valence-electron chi connectivity index (χ2n) is 8.41. The van der Waals surface area contributed by atoms with Crippen LogP contribution in [-0.4, -0.2) is 55.5 Å². The fraction of sp³-hybridized carbons (Fsp3) is 0.692. The molecular formula is C26H45NO5. The third-order valence-electron chi connectivity index (χ3n) is 4.96. The molecule has 0 aliphatic carbocycles. The van der Waals surface area contributed by atoms with E-state index in [9.17, 15) is 9.59 Å². The van der Waals surface area contributed by atoms with Gasteiger partial charge in [-0.2, -0.15) is 0 Å². The summed E-state index contributed by atoms with van der Waals surface area (Å²) in [6.07, 6.45) is 14.1. The summed E-state index contributed by atoms with van der Waals surface area (Å²) in [6.45, 7) is 4.81. The Labute approximate surface area is 195 Å². The first kappa shape index (κ1) is 30.1. The molecule has 0 radical (unpaired) electrons. The largest absolute Gasteiger partial charge is 0.478 e. The highest BCUT2D eigenvalue weighted by atomic mass is 16.5. The first-order chi connectivity index (χ1) is 15.4. The third kappa shape index (κ3) is 20.0. The Morgan fingerprint density at radius 3 is 1.94 bits per heavy atom. The van der Waals surface area contributed by atoms with Gasteiger partial charge in [0.25, 0.3) is 0 Å². The average Bonchev–Trinajstić information content (AvgIpc) is 2.76. The molecule has 0 spiro atoms. The smallest absolute Gasteiger partial charge is 0.335 e. The minimum Gasteiger partial charge on any atom is -0.478 e. The van der Waals surface area contributed by atoms with E-state index in [0.29, 0.717) is 18.9 Å². The summed E-state index contributed by atoms with van der Waals surface area (Å²) in [5.41, 5.74) is 0.331. The van der Waals surface area contributed by atoms with Crippen LogP contribution >= 0.6 is 0 Å². The number of benzene rings is 1. The predicted molar refractivity (Wildman–Crippen MR) is 130 cm³/mol. The summed E-state index contributed by atoms with van der Waals surface area (Å²) in [5.74, 6) is -1.09. The maximum atomic E-state index is 10.8. The van der Waals surface area contributed by atoms with E-state index in [1.54, 1.807) is 30.3 Å². The molecule has 0 aromatic heterocycles. The van der Waals surface area contributed by atoms with Crippen LogP contribution in [0.2, 0.25) is 0 Å². The summed E-state index contributed by atoms with van der Waals surface area (Å²) in [7, 11) is 4.00. The Morgan fingerprint density at radius 2 is 1.47 bits per heavy atom. The number of carbonyl (C=O) groups excluding carboxylic acids is 1. The molecule has 1 rings (SSSR count). The molecule has 0 heterocycles. The molecule has 0 aliphatic heterocycles. The van der Waals surface area contributed by atoms with E-state index < -0.39 is 5.97 Å². The average molecular weight is 452 g/mol. The van der Waals surface area contributed by atoms with Gasteiger partial charge >= 0.3 is 11.9 Å². The molecule has 1 aromatic carbocycles. The van der Waals surface area contributed by atoms with Crippen LogP contribution < -0.4 is 0 Å². The van der Waals surface area contributed by atoms with Gasteiger partial charge in [-0.25, -0.2) is 4.79 Å². The SMILES string of the molecule is CCCCCCCCCCCC(CCOC(C)=O)OCN(C)C.O=C(O)c1ccccc1. The molecule has 0 saturated carbocycles. The van der Waals surface area contributed by atoms with Crippen molar-refractivity contribution in [2.24, 2.45) is 0 Å². The third-order valence-corrected chi connectivity index (χ3v) is 4.96. The van der Waals surface area contributed by atoms with Gasteiger partial charge in [-0.3, -0.25) is 9.69 Å². The molecule has 0 aliphatic rings. The van der Waals surface area contributed by atoms with Crippen LogP contribution in [0.25, 0.3) is 0 Å². The second-order valence-corrected chi connectivity index (χ2v) is 8.41. The number of carboxylic acid groups (broad SMARTS) is 1. The zero-order valence-corrected chi connectivity index (χ0v) is 20.7. The minimum atomic E-state index is -0.879. The van der Waals surface area contributed by atoms with Crippen LogP contribution in [0, 0.1) is 0 Å². The van der Waals surface area contributed by atoms with Gasteiger partial charge in [0.2, 0.25) is 0 Å².